The second kappa shape index (κ2) is 6.29. The highest BCUT2D eigenvalue weighted by Crippen LogP contribution is 2.29. The van der Waals surface area contributed by atoms with Crippen molar-refractivity contribution >= 4 is 0 Å². The molecule has 0 atom stereocenters. The summed E-state index contributed by atoms with van der Waals surface area (Å²) in [7, 11) is 0. The standard InChI is InChI=1S/C16H22O2/c1-11(2)5-7-13-9-15(17)10-14(16(13)18)8-6-12(3)4/h5-6,9-10,17-18H,7-8H2,1-4H3. The molecule has 0 bridgehead atoms. The van der Waals surface area contributed by atoms with E-state index in [0.717, 1.165) is 11.1 Å². The van der Waals surface area contributed by atoms with Crippen LogP contribution >= 0.6 is 0 Å². The Morgan fingerprint density at radius 3 is 1.61 bits per heavy atom. The van der Waals surface area contributed by atoms with Crippen LogP contribution in [0, 0.1) is 0 Å². The van der Waals surface area contributed by atoms with Gasteiger partial charge in [0.1, 0.15) is 11.5 Å². The van der Waals surface area contributed by atoms with E-state index in [1.165, 1.54) is 11.1 Å². The zero-order valence-electron chi connectivity index (χ0n) is 11.6. The van der Waals surface area contributed by atoms with E-state index >= 15 is 0 Å². The lowest BCUT2D eigenvalue weighted by molar-refractivity contribution is 0.450. The normalized spacial score (nSPS) is 10.0. The number of hydrogen-bond donors (Lipinski definition) is 2. The van der Waals surface area contributed by atoms with Gasteiger partial charge in [0.25, 0.3) is 0 Å². The van der Waals surface area contributed by atoms with Gasteiger partial charge in [-0.05, 0) is 52.7 Å². The Hall–Kier alpha value is -1.70. The average molecular weight is 246 g/mol. The van der Waals surface area contributed by atoms with Gasteiger partial charge in [-0.2, -0.15) is 0 Å². The van der Waals surface area contributed by atoms with Crippen LogP contribution in [0.25, 0.3) is 0 Å². The number of hydrogen-bond acceptors (Lipinski definition) is 2. The summed E-state index contributed by atoms with van der Waals surface area (Å²) in [6.45, 7) is 8.07. The van der Waals surface area contributed by atoms with Gasteiger partial charge in [0.2, 0.25) is 0 Å². The maximum Gasteiger partial charge on any atom is 0.122 e. The highest BCUT2D eigenvalue weighted by Gasteiger charge is 2.08. The molecule has 0 radical (unpaired) electrons. The van der Waals surface area contributed by atoms with Gasteiger partial charge >= 0.3 is 0 Å². The second-order valence-electron chi connectivity index (χ2n) is 5.08. The smallest absolute Gasteiger partial charge is 0.122 e. The summed E-state index contributed by atoms with van der Waals surface area (Å²) in [6, 6.07) is 3.25. The van der Waals surface area contributed by atoms with E-state index in [9.17, 15) is 10.2 Å². The summed E-state index contributed by atoms with van der Waals surface area (Å²) < 4.78 is 0. The number of phenols is 2. The van der Waals surface area contributed by atoms with Crippen molar-refractivity contribution in [1.29, 1.82) is 0 Å². The van der Waals surface area contributed by atoms with Crippen molar-refractivity contribution in [2.45, 2.75) is 40.5 Å². The average Bonchev–Trinajstić information content (AvgIpc) is 2.27. The van der Waals surface area contributed by atoms with Gasteiger partial charge in [0.05, 0.1) is 0 Å². The summed E-state index contributed by atoms with van der Waals surface area (Å²) in [6.07, 6.45) is 5.37. The minimum absolute atomic E-state index is 0.210. The first-order chi connectivity index (χ1) is 8.40. The molecule has 1 aromatic carbocycles. The lowest BCUT2D eigenvalue weighted by Crippen LogP contribution is -1.90. The molecule has 2 nitrogen and oxygen atoms in total. The molecule has 0 unspecified atom stereocenters. The molecular formula is C16H22O2. The number of allylic oxidation sites excluding steroid dienone is 4. The van der Waals surface area contributed by atoms with Gasteiger partial charge in [-0.25, -0.2) is 0 Å². The van der Waals surface area contributed by atoms with Crippen LogP contribution in [-0.2, 0) is 12.8 Å². The first-order valence-corrected chi connectivity index (χ1v) is 6.20. The van der Waals surface area contributed by atoms with Gasteiger partial charge < -0.3 is 10.2 Å². The summed E-state index contributed by atoms with van der Waals surface area (Å²) in [4.78, 5) is 0. The topological polar surface area (TPSA) is 40.5 Å². The summed E-state index contributed by atoms with van der Waals surface area (Å²) in [5, 5.41) is 19.9. The van der Waals surface area contributed by atoms with Crippen molar-refractivity contribution in [2.75, 3.05) is 0 Å². The molecule has 0 aromatic heterocycles. The van der Waals surface area contributed by atoms with Crippen LogP contribution in [0.3, 0.4) is 0 Å². The molecule has 2 N–H and O–H groups in total. The number of benzene rings is 1. The molecule has 0 saturated heterocycles. The monoisotopic (exact) mass is 246 g/mol. The Kier molecular flexibility index (Phi) is 5.02. The molecule has 1 aromatic rings. The SMILES string of the molecule is CC(C)=CCc1cc(O)cc(CC=C(C)C)c1O. The Labute approximate surface area is 109 Å². The van der Waals surface area contributed by atoms with E-state index in [1.54, 1.807) is 12.1 Å². The van der Waals surface area contributed by atoms with E-state index < -0.39 is 0 Å². The molecule has 0 aliphatic heterocycles. The Morgan fingerprint density at radius 2 is 1.28 bits per heavy atom. The largest absolute Gasteiger partial charge is 0.508 e. The van der Waals surface area contributed by atoms with Crippen LogP contribution in [0.1, 0.15) is 38.8 Å². The lowest BCUT2D eigenvalue weighted by Gasteiger charge is -2.09. The first-order valence-electron chi connectivity index (χ1n) is 6.20. The summed E-state index contributed by atoms with van der Waals surface area (Å²) >= 11 is 0. The molecule has 98 valence electrons. The van der Waals surface area contributed by atoms with Gasteiger partial charge in [-0.15, -0.1) is 0 Å². The molecule has 18 heavy (non-hydrogen) atoms. The summed E-state index contributed by atoms with van der Waals surface area (Å²) in [5.41, 5.74) is 3.94. The molecule has 0 saturated carbocycles. The second-order valence-corrected chi connectivity index (χ2v) is 5.08. The van der Waals surface area contributed by atoms with E-state index in [1.807, 2.05) is 39.8 Å². The van der Waals surface area contributed by atoms with Gasteiger partial charge in [0, 0.05) is 11.1 Å². The minimum atomic E-state index is 0.210. The molecule has 0 heterocycles. The molecule has 2 heteroatoms. The van der Waals surface area contributed by atoms with Crippen molar-refractivity contribution in [1.82, 2.24) is 0 Å². The number of rotatable bonds is 4. The van der Waals surface area contributed by atoms with Crippen molar-refractivity contribution < 1.29 is 10.2 Å². The predicted molar refractivity (Wildman–Crippen MR) is 76.0 cm³/mol. The maximum atomic E-state index is 10.2. The molecule has 0 aliphatic carbocycles. The molecule has 0 aliphatic rings. The fraction of sp³-hybridized carbons (Fsp3) is 0.375. The highest BCUT2D eigenvalue weighted by molar-refractivity contribution is 5.47. The van der Waals surface area contributed by atoms with Crippen LogP contribution in [0.5, 0.6) is 11.5 Å². The summed E-state index contributed by atoms with van der Waals surface area (Å²) in [5.74, 6) is 0.505. The van der Waals surface area contributed by atoms with Crippen LogP contribution in [0.4, 0.5) is 0 Å². The zero-order valence-corrected chi connectivity index (χ0v) is 11.6. The highest BCUT2D eigenvalue weighted by atomic mass is 16.3. The molecule has 0 fully saturated rings. The molecule has 0 spiro atoms. The fourth-order valence-corrected chi connectivity index (χ4v) is 1.68. The lowest BCUT2D eigenvalue weighted by atomic mass is 10.0. The minimum Gasteiger partial charge on any atom is -0.508 e. The first kappa shape index (κ1) is 14.4. The van der Waals surface area contributed by atoms with E-state index in [0.29, 0.717) is 18.6 Å². The van der Waals surface area contributed by atoms with Crippen molar-refractivity contribution in [3.05, 3.63) is 46.6 Å². The van der Waals surface area contributed by atoms with E-state index in [-0.39, 0.29) is 5.75 Å². The van der Waals surface area contributed by atoms with Gasteiger partial charge in [0.15, 0.2) is 0 Å². The van der Waals surface area contributed by atoms with Crippen LogP contribution in [0.2, 0.25) is 0 Å². The van der Waals surface area contributed by atoms with E-state index in [2.05, 4.69) is 0 Å². The number of aromatic hydroxyl groups is 2. The Morgan fingerprint density at radius 1 is 0.889 bits per heavy atom. The van der Waals surface area contributed by atoms with Crippen LogP contribution in [0.15, 0.2) is 35.4 Å². The van der Waals surface area contributed by atoms with Crippen LogP contribution in [-0.4, -0.2) is 10.2 Å². The van der Waals surface area contributed by atoms with Crippen molar-refractivity contribution in [3.63, 3.8) is 0 Å². The third kappa shape index (κ3) is 4.28. The Balaban J connectivity index is 3.06. The van der Waals surface area contributed by atoms with Crippen molar-refractivity contribution in [3.8, 4) is 11.5 Å². The Bertz CT molecular complexity index is 433. The molecular weight excluding hydrogens is 224 g/mol. The third-order valence-corrected chi connectivity index (χ3v) is 2.71. The quantitative estimate of drug-likeness (QED) is 0.620. The van der Waals surface area contributed by atoms with Crippen LogP contribution < -0.4 is 0 Å². The van der Waals surface area contributed by atoms with Gasteiger partial charge in [-0.1, -0.05) is 23.3 Å². The predicted octanol–water partition coefficient (Wildman–Crippen LogP) is 4.12. The zero-order chi connectivity index (χ0) is 13.7. The maximum absolute atomic E-state index is 10.2. The fourth-order valence-electron chi connectivity index (χ4n) is 1.68. The number of phenolic OH excluding ortho intramolecular Hbond substituents is 2. The van der Waals surface area contributed by atoms with Crippen molar-refractivity contribution in [2.24, 2.45) is 0 Å². The molecule has 1 rings (SSSR count). The van der Waals surface area contributed by atoms with Gasteiger partial charge in [-0.3, -0.25) is 0 Å². The van der Waals surface area contributed by atoms with E-state index in [4.69, 9.17) is 0 Å². The molecule has 0 amide bonds. The third-order valence-electron chi connectivity index (χ3n) is 2.71.